The lowest BCUT2D eigenvalue weighted by Crippen LogP contribution is -2.10. The summed E-state index contributed by atoms with van der Waals surface area (Å²) in [5, 5.41) is 12.1. The predicted molar refractivity (Wildman–Crippen MR) is 39.0 cm³/mol. The fourth-order valence-corrected chi connectivity index (χ4v) is 1.05. The molecule has 54 valence electrons. The van der Waals surface area contributed by atoms with Crippen molar-refractivity contribution in [3.05, 3.63) is 11.6 Å². The van der Waals surface area contributed by atoms with Crippen LogP contribution < -0.4 is 5.32 Å². The number of rotatable bonds is 1. The fraction of sp³-hybridized carbons (Fsp3) is 0.571. The van der Waals surface area contributed by atoms with E-state index in [1.807, 2.05) is 6.08 Å². The molecule has 2 aliphatic rings. The zero-order valence-electron chi connectivity index (χ0n) is 5.62. The summed E-state index contributed by atoms with van der Waals surface area (Å²) in [6, 6.07) is 0.524. The van der Waals surface area contributed by atoms with E-state index in [9.17, 15) is 0 Å². The van der Waals surface area contributed by atoms with Crippen LogP contribution in [-0.2, 0) is 0 Å². The summed E-state index contributed by atoms with van der Waals surface area (Å²) in [7, 11) is 0. The van der Waals surface area contributed by atoms with Crippen LogP contribution in [-0.4, -0.2) is 30.1 Å². The molecule has 0 aliphatic carbocycles. The van der Waals surface area contributed by atoms with Crippen LogP contribution in [0.25, 0.3) is 0 Å². The van der Waals surface area contributed by atoms with E-state index in [1.165, 1.54) is 5.57 Å². The molecule has 0 aromatic carbocycles. The van der Waals surface area contributed by atoms with Crippen LogP contribution >= 0.6 is 0 Å². The summed E-state index contributed by atoms with van der Waals surface area (Å²) in [4.78, 5) is 3.89. The quantitative estimate of drug-likeness (QED) is 0.488. The molecule has 3 nitrogen and oxygen atoms in total. The highest BCUT2D eigenvalue weighted by Gasteiger charge is 2.24. The molecule has 0 saturated carbocycles. The molecular formula is C7H10N2O. The van der Waals surface area contributed by atoms with Crippen LogP contribution in [0.4, 0.5) is 0 Å². The molecule has 0 spiro atoms. The second-order valence-electron chi connectivity index (χ2n) is 2.66. The number of aliphatic hydroxyl groups excluding tert-OH is 1. The number of hydrogen-bond acceptors (Lipinski definition) is 3. The minimum absolute atomic E-state index is 0.498. The Morgan fingerprint density at radius 3 is 3.00 bits per heavy atom. The molecular weight excluding hydrogens is 128 g/mol. The van der Waals surface area contributed by atoms with Gasteiger partial charge in [-0.15, -0.1) is 0 Å². The van der Waals surface area contributed by atoms with E-state index in [2.05, 4.69) is 10.3 Å². The van der Waals surface area contributed by atoms with E-state index in [1.54, 1.807) is 6.21 Å². The topological polar surface area (TPSA) is 54.5 Å². The van der Waals surface area contributed by atoms with E-state index in [4.69, 9.17) is 5.11 Å². The maximum atomic E-state index is 8.97. The van der Waals surface area contributed by atoms with E-state index in [-0.39, 0.29) is 0 Å². The van der Waals surface area contributed by atoms with Gasteiger partial charge in [0, 0.05) is 25.2 Å². The molecule has 1 fully saturated rings. The first kappa shape index (κ1) is 6.07. The van der Waals surface area contributed by atoms with Crippen molar-refractivity contribution in [2.75, 3.05) is 6.54 Å². The number of aliphatic hydroxyl groups is 1. The first-order valence-electron chi connectivity index (χ1n) is 3.51. The van der Waals surface area contributed by atoms with Gasteiger partial charge in [0.25, 0.3) is 0 Å². The number of hydrogen-bond donors (Lipinski definition) is 2. The van der Waals surface area contributed by atoms with Gasteiger partial charge < -0.3 is 10.4 Å². The fourth-order valence-electron chi connectivity index (χ4n) is 1.05. The third-order valence-corrected chi connectivity index (χ3v) is 1.77. The van der Waals surface area contributed by atoms with Crippen molar-refractivity contribution >= 4 is 6.21 Å². The summed E-state index contributed by atoms with van der Waals surface area (Å²) in [6.07, 6.45) is 3.98. The van der Waals surface area contributed by atoms with E-state index in [0.717, 1.165) is 6.54 Å². The molecule has 0 radical (unpaired) electrons. The molecule has 2 rings (SSSR count). The summed E-state index contributed by atoms with van der Waals surface area (Å²) in [6.45, 7) is 1.06. The monoisotopic (exact) mass is 138 g/mol. The van der Waals surface area contributed by atoms with Gasteiger partial charge >= 0.3 is 0 Å². The molecule has 0 bridgehead atoms. The number of nitrogens with zero attached hydrogens (tertiary/aromatic N) is 1. The Hall–Kier alpha value is -0.670. The molecule has 2 atom stereocenters. The lowest BCUT2D eigenvalue weighted by molar-refractivity contribution is 0.187. The molecule has 2 heterocycles. The largest absolute Gasteiger partial charge is 0.371 e. The Labute approximate surface area is 59.5 Å². The standard InChI is InChI=1S/C7H10N2O/c10-7-2-1-5(3-9-7)6-4-8-6/h1,3,6-8,10H,2,4H2. The lowest BCUT2D eigenvalue weighted by atomic mass is 10.1. The van der Waals surface area contributed by atoms with Crippen molar-refractivity contribution in [2.45, 2.75) is 18.7 Å². The van der Waals surface area contributed by atoms with Gasteiger partial charge in [-0.2, -0.15) is 0 Å². The maximum Gasteiger partial charge on any atom is 0.148 e. The second kappa shape index (κ2) is 2.18. The predicted octanol–water partition coefficient (Wildman–Crippen LogP) is -0.323. The van der Waals surface area contributed by atoms with Crippen LogP contribution in [0.3, 0.4) is 0 Å². The first-order valence-corrected chi connectivity index (χ1v) is 3.51. The molecule has 10 heavy (non-hydrogen) atoms. The van der Waals surface area contributed by atoms with Gasteiger partial charge in [-0.05, 0) is 5.57 Å². The van der Waals surface area contributed by atoms with Crippen molar-refractivity contribution in [3.63, 3.8) is 0 Å². The minimum Gasteiger partial charge on any atom is -0.371 e. The molecule has 0 amide bonds. The molecule has 0 aromatic rings. The van der Waals surface area contributed by atoms with Gasteiger partial charge in [0.1, 0.15) is 6.23 Å². The van der Waals surface area contributed by atoms with Crippen molar-refractivity contribution < 1.29 is 5.11 Å². The van der Waals surface area contributed by atoms with Gasteiger partial charge in [-0.3, -0.25) is 4.99 Å². The zero-order chi connectivity index (χ0) is 6.97. The van der Waals surface area contributed by atoms with Gasteiger partial charge in [0.2, 0.25) is 0 Å². The van der Waals surface area contributed by atoms with Gasteiger partial charge in [-0.25, -0.2) is 0 Å². The summed E-state index contributed by atoms with van der Waals surface area (Å²) < 4.78 is 0. The van der Waals surface area contributed by atoms with Crippen molar-refractivity contribution in [1.82, 2.24) is 5.32 Å². The summed E-state index contributed by atoms with van der Waals surface area (Å²) >= 11 is 0. The van der Waals surface area contributed by atoms with Gasteiger partial charge in [0.05, 0.1) is 0 Å². The Morgan fingerprint density at radius 2 is 2.50 bits per heavy atom. The first-order chi connectivity index (χ1) is 4.86. The number of nitrogens with one attached hydrogen (secondary N) is 1. The third-order valence-electron chi connectivity index (χ3n) is 1.77. The average molecular weight is 138 g/mol. The van der Waals surface area contributed by atoms with Crippen LogP contribution in [0, 0.1) is 0 Å². The third kappa shape index (κ3) is 1.10. The van der Waals surface area contributed by atoms with E-state index in [0.29, 0.717) is 12.5 Å². The van der Waals surface area contributed by atoms with Crippen molar-refractivity contribution in [2.24, 2.45) is 4.99 Å². The lowest BCUT2D eigenvalue weighted by Gasteiger charge is -2.08. The summed E-state index contributed by atoms with van der Waals surface area (Å²) in [5.41, 5.74) is 1.23. The molecule has 2 unspecified atom stereocenters. The average Bonchev–Trinajstić information content (AvgIpc) is 2.71. The zero-order valence-corrected chi connectivity index (χ0v) is 5.62. The highest BCUT2D eigenvalue weighted by atomic mass is 16.3. The highest BCUT2D eigenvalue weighted by Crippen LogP contribution is 2.14. The smallest absolute Gasteiger partial charge is 0.148 e. The van der Waals surface area contributed by atoms with Gasteiger partial charge in [-0.1, -0.05) is 6.08 Å². The van der Waals surface area contributed by atoms with Crippen molar-refractivity contribution in [1.29, 1.82) is 0 Å². The molecule has 1 saturated heterocycles. The van der Waals surface area contributed by atoms with Crippen molar-refractivity contribution in [3.8, 4) is 0 Å². The Morgan fingerprint density at radius 1 is 1.70 bits per heavy atom. The number of aliphatic imine (C=N–C) groups is 1. The van der Waals surface area contributed by atoms with Crippen LogP contribution in [0.15, 0.2) is 16.6 Å². The molecule has 2 N–H and O–H groups in total. The molecule has 2 aliphatic heterocycles. The van der Waals surface area contributed by atoms with E-state index < -0.39 is 6.23 Å². The molecule has 3 heteroatoms. The Bertz CT molecular complexity index is 194. The second-order valence-corrected chi connectivity index (χ2v) is 2.66. The Kier molecular flexibility index (Phi) is 1.32. The maximum absolute atomic E-state index is 8.97. The SMILES string of the molecule is OC1CC=C(C2CN2)C=N1. The van der Waals surface area contributed by atoms with Crippen LogP contribution in [0.1, 0.15) is 6.42 Å². The van der Waals surface area contributed by atoms with Gasteiger partial charge in [0.15, 0.2) is 0 Å². The number of dihydropyridines is 1. The highest BCUT2D eigenvalue weighted by molar-refractivity contribution is 5.82. The Balaban J connectivity index is 2.04. The summed E-state index contributed by atoms with van der Waals surface area (Å²) in [5.74, 6) is 0. The molecule has 0 aromatic heterocycles. The van der Waals surface area contributed by atoms with Crippen LogP contribution in [0.2, 0.25) is 0 Å². The normalized spacial score (nSPS) is 37.5. The van der Waals surface area contributed by atoms with E-state index >= 15 is 0 Å². The minimum atomic E-state index is -0.498. The van der Waals surface area contributed by atoms with Crippen LogP contribution in [0.5, 0.6) is 0 Å².